The number of hydrogen-bond donors (Lipinski definition) is 3. The number of amides is 2. The highest BCUT2D eigenvalue weighted by atomic mass is 16.3. The average molecular weight is 285 g/mol. The van der Waals surface area contributed by atoms with Crippen LogP contribution in [0.3, 0.4) is 0 Å². The minimum Gasteiger partial charge on any atom is -0.469 e. The van der Waals surface area contributed by atoms with E-state index in [-0.39, 0.29) is 6.03 Å². The van der Waals surface area contributed by atoms with Crippen LogP contribution in [0.1, 0.15) is 30.2 Å². The van der Waals surface area contributed by atoms with E-state index in [9.17, 15) is 4.79 Å². The van der Waals surface area contributed by atoms with Crippen LogP contribution in [0.2, 0.25) is 0 Å². The lowest BCUT2D eigenvalue weighted by molar-refractivity contribution is 0.254. The van der Waals surface area contributed by atoms with Crippen molar-refractivity contribution in [1.29, 1.82) is 0 Å². The van der Waals surface area contributed by atoms with Gasteiger partial charge in [0.15, 0.2) is 0 Å². The normalized spacial score (nSPS) is 16.9. The Balaban J connectivity index is 1.68. The van der Waals surface area contributed by atoms with Gasteiger partial charge in [0.25, 0.3) is 0 Å². The van der Waals surface area contributed by atoms with Gasteiger partial charge in [0.05, 0.1) is 12.3 Å². The van der Waals surface area contributed by atoms with Gasteiger partial charge in [-0.3, -0.25) is 0 Å². The summed E-state index contributed by atoms with van der Waals surface area (Å²) in [7, 11) is 1.59. The molecule has 1 aromatic heterocycles. The van der Waals surface area contributed by atoms with Gasteiger partial charge in [0.2, 0.25) is 0 Å². The monoisotopic (exact) mass is 285 g/mol. The van der Waals surface area contributed by atoms with Gasteiger partial charge in [-0.2, -0.15) is 0 Å². The van der Waals surface area contributed by atoms with Crippen LogP contribution >= 0.6 is 0 Å². The molecule has 5 heteroatoms. The summed E-state index contributed by atoms with van der Waals surface area (Å²) in [6, 6.07) is 9.84. The zero-order valence-electron chi connectivity index (χ0n) is 12.0. The van der Waals surface area contributed by atoms with Crippen molar-refractivity contribution in [3.8, 4) is 0 Å². The molecular formula is C16H19N3O2. The number of carbonyl (C=O) groups excluding carboxylic acids is 1. The number of benzene rings is 1. The van der Waals surface area contributed by atoms with Crippen LogP contribution in [0.5, 0.6) is 0 Å². The van der Waals surface area contributed by atoms with Gasteiger partial charge in [-0.15, -0.1) is 0 Å². The molecule has 0 saturated carbocycles. The molecule has 0 aliphatic heterocycles. The summed E-state index contributed by atoms with van der Waals surface area (Å²) in [6.45, 7) is 0. The second-order valence-electron chi connectivity index (χ2n) is 5.17. The predicted octanol–water partition coefficient (Wildman–Crippen LogP) is 3.52. The second-order valence-corrected chi connectivity index (χ2v) is 5.17. The van der Waals surface area contributed by atoms with Crippen molar-refractivity contribution in [3.63, 3.8) is 0 Å². The molecule has 1 heterocycles. The van der Waals surface area contributed by atoms with E-state index >= 15 is 0 Å². The lowest BCUT2D eigenvalue weighted by Gasteiger charge is -2.23. The van der Waals surface area contributed by atoms with Gasteiger partial charge in [-0.1, -0.05) is 0 Å². The molecule has 1 atom stereocenters. The van der Waals surface area contributed by atoms with Crippen LogP contribution in [-0.2, 0) is 6.42 Å². The molecule has 3 rings (SSSR count). The molecule has 1 aliphatic carbocycles. The zero-order valence-corrected chi connectivity index (χ0v) is 12.0. The summed E-state index contributed by atoms with van der Waals surface area (Å²) in [5, 5.41) is 8.80. The minimum absolute atomic E-state index is 0.217. The van der Waals surface area contributed by atoms with Crippen LogP contribution in [0, 0.1) is 0 Å². The van der Waals surface area contributed by atoms with E-state index in [1.165, 1.54) is 5.56 Å². The Morgan fingerprint density at radius 3 is 2.71 bits per heavy atom. The molecule has 21 heavy (non-hydrogen) atoms. The van der Waals surface area contributed by atoms with E-state index < -0.39 is 0 Å². The summed E-state index contributed by atoms with van der Waals surface area (Å²) >= 11 is 0. The first-order valence-corrected chi connectivity index (χ1v) is 7.18. The number of fused-ring (bicyclic) bond motifs is 1. The molecule has 0 saturated heterocycles. The maximum absolute atomic E-state index is 11.2. The van der Waals surface area contributed by atoms with E-state index in [1.807, 2.05) is 30.3 Å². The highest BCUT2D eigenvalue weighted by Gasteiger charge is 2.22. The quantitative estimate of drug-likeness (QED) is 0.808. The molecule has 5 nitrogen and oxygen atoms in total. The van der Waals surface area contributed by atoms with E-state index in [1.54, 1.807) is 13.3 Å². The third-order valence-corrected chi connectivity index (χ3v) is 3.76. The Labute approximate surface area is 123 Å². The maximum Gasteiger partial charge on any atom is 0.318 e. The van der Waals surface area contributed by atoms with Crippen molar-refractivity contribution < 1.29 is 9.21 Å². The van der Waals surface area contributed by atoms with E-state index in [2.05, 4.69) is 16.0 Å². The fourth-order valence-electron chi connectivity index (χ4n) is 2.68. The van der Waals surface area contributed by atoms with Gasteiger partial charge in [-0.05, 0) is 43.2 Å². The van der Waals surface area contributed by atoms with E-state index in [0.717, 1.165) is 36.4 Å². The molecule has 3 N–H and O–H groups in total. The molecule has 0 fully saturated rings. The highest BCUT2D eigenvalue weighted by Crippen LogP contribution is 2.33. The molecule has 0 radical (unpaired) electrons. The summed E-state index contributed by atoms with van der Waals surface area (Å²) in [5.41, 5.74) is 3.07. The van der Waals surface area contributed by atoms with Gasteiger partial charge in [0, 0.05) is 30.4 Å². The van der Waals surface area contributed by atoms with Crippen molar-refractivity contribution in [3.05, 3.63) is 47.9 Å². The Kier molecular flexibility index (Phi) is 3.81. The predicted molar refractivity (Wildman–Crippen MR) is 82.5 cm³/mol. The van der Waals surface area contributed by atoms with Gasteiger partial charge < -0.3 is 20.4 Å². The first-order chi connectivity index (χ1) is 10.3. The van der Waals surface area contributed by atoms with Gasteiger partial charge >= 0.3 is 6.03 Å². The summed E-state index contributed by atoms with van der Waals surface area (Å²) < 4.78 is 5.50. The Bertz CT molecular complexity index is 619. The first kappa shape index (κ1) is 13.5. The topological polar surface area (TPSA) is 66.3 Å². The summed E-state index contributed by atoms with van der Waals surface area (Å²) in [6.07, 6.45) is 5.02. The Morgan fingerprint density at radius 2 is 1.95 bits per heavy atom. The lowest BCUT2D eigenvalue weighted by Crippen LogP contribution is -2.24. The molecule has 1 unspecified atom stereocenters. The van der Waals surface area contributed by atoms with Crippen molar-refractivity contribution in [1.82, 2.24) is 5.32 Å². The molecular weight excluding hydrogens is 266 g/mol. The number of aryl methyl sites for hydroxylation is 1. The largest absolute Gasteiger partial charge is 0.469 e. The summed E-state index contributed by atoms with van der Waals surface area (Å²) in [4.78, 5) is 11.2. The third-order valence-electron chi connectivity index (χ3n) is 3.76. The number of nitrogens with one attached hydrogen (secondary N) is 3. The molecule has 110 valence electrons. The smallest absolute Gasteiger partial charge is 0.318 e. The van der Waals surface area contributed by atoms with Crippen LogP contribution in [0.15, 0.2) is 41.0 Å². The van der Waals surface area contributed by atoms with Crippen molar-refractivity contribution in [2.45, 2.75) is 25.3 Å². The minimum atomic E-state index is -0.217. The Hall–Kier alpha value is -2.43. The summed E-state index contributed by atoms with van der Waals surface area (Å²) in [5.74, 6) is 1.09. The van der Waals surface area contributed by atoms with Crippen molar-refractivity contribution in [2.75, 3.05) is 17.7 Å². The molecule has 1 aliphatic rings. The van der Waals surface area contributed by atoms with Crippen LogP contribution in [0.4, 0.5) is 16.2 Å². The van der Waals surface area contributed by atoms with E-state index in [0.29, 0.717) is 6.04 Å². The highest BCUT2D eigenvalue weighted by molar-refractivity contribution is 5.89. The zero-order chi connectivity index (χ0) is 14.7. The van der Waals surface area contributed by atoms with Gasteiger partial charge in [0.1, 0.15) is 5.76 Å². The standard InChI is InChI=1S/C16H19N3O2/c1-17-16(20)19-12-7-5-11(6-8-12)18-14-3-2-4-15-13(14)9-10-21-15/h5-10,14,18H,2-4H2,1H3,(H2,17,19,20). The average Bonchev–Trinajstić information content (AvgIpc) is 2.99. The van der Waals surface area contributed by atoms with E-state index in [4.69, 9.17) is 4.42 Å². The molecule has 2 amide bonds. The van der Waals surface area contributed by atoms with Crippen molar-refractivity contribution >= 4 is 17.4 Å². The number of anilines is 2. The molecule has 0 bridgehead atoms. The maximum atomic E-state index is 11.2. The fourth-order valence-corrected chi connectivity index (χ4v) is 2.68. The lowest BCUT2D eigenvalue weighted by atomic mass is 9.93. The number of urea groups is 1. The SMILES string of the molecule is CNC(=O)Nc1ccc(NC2CCCc3occc32)cc1. The van der Waals surface area contributed by atoms with Gasteiger partial charge in [-0.25, -0.2) is 4.79 Å². The molecule has 1 aromatic carbocycles. The van der Waals surface area contributed by atoms with Crippen molar-refractivity contribution in [2.24, 2.45) is 0 Å². The van der Waals surface area contributed by atoms with Crippen LogP contribution in [-0.4, -0.2) is 13.1 Å². The number of furan rings is 1. The number of rotatable bonds is 3. The number of hydrogen-bond acceptors (Lipinski definition) is 3. The first-order valence-electron chi connectivity index (χ1n) is 7.18. The van der Waals surface area contributed by atoms with Crippen LogP contribution in [0.25, 0.3) is 0 Å². The fraction of sp³-hybridized carbons (Fsp3) is 0.312. The van der Waals surface area contributed by atoms with Crippen LogP contribution < -0.4 is 16.0 Å². The Morgan fingerprint density at radius 1 is 1.19 bits per heavy atom. The number of carbonyl (C=O) groups is 1. The third kappa shape index (κ3) is 3.02. The molecule has 0 spiro atoms. The molecule has 2 aromatic rings. The second kappa shape index (κ2) is 5.91.